The fraction of sp³-hybridized carbons (Fsp3) is 0.615. The van der Waals surface area contributed by atoms with Gasteiger partial charge in [0.05, 0.1) is 0 Å². The van der Waals surface area contributed by atoms with Crippen LogP contribution in [-0.2, 0) is 4.79 Å². The second-order valence-corrected chi connectivity index (χ2v) is 4.06. The van der Waals surface area contributed by atoms with Crippen molar-refractivity contribution in [3.8, 4) is 0 Å². The van der Waals surface area contributed by atoms with Crippen LogP contribution in [0.5, 0.6) is 0 Å². The molecule has 0 N–H and O–H groups in total. The maximum Gasteiger partial charge on any atom is 0.133 e. The Morgan fingerprint density at radius 1 is 1.50 bits per heavy atom. The van der Waals surface area contributed by atoms with E-state index in [1.807, 2.05) is 0 Å². The lowest BCUT2D eigenvalue weighted by atomic mass is 9.90. The van der Waals surface area contributed by atoms with E-state index in [1.54, 1.807) is 6.92 Å². The zero-order valence-electron chi connectivity index (χ0n) is 9.25. The van der Waals surface area contributed by atoms with E-state index < -0.39 is 0 Å². The second kappa shape index (κ2) is 5.79. The number of Topliss-reactive ketones (excluding diaryl/α,β-unsaturated/α-hetero) is 1. The highest BCUT2D eigenvalue weighted by Gasteiger charge is 2.14. The number of carbonyl (C=O) groups is 1. The second-order valence-electron chi connectivity index (χ2n) is 4.06. The molecule has 0 aromatic carbocycles. The predicted molar refractivity (Wildman–Crippen MR) is 60.2 cm³/mol. The van der Waals surface area contributed by atoms with Crippen LogP contribution < -0.4 is 0 Å². The van der Waals surface area contributed by atoms with E-state index in [9.17, 15) is 4.79 Å². The average Bonchev–Trinajstić information content (AvgIpc) is 2.18. The van der Waals surface area contributed by atoms with Gasteiger partial charge in [-0.25, -0.2) is 0 Å². The summed E-state index contributed by atoms with van der Waals surface area (Å²) in [5.74, 6) is 0.584. The fourth-order valence-electron chi connectivity index (χ4n) is 1.90. The quantitative estimate of drug-likeness (QED) is 0.649. The first-order valence-corrected chi connectivity index (χ1v) is 5.60. The van der Waals surface area contributed by atoms with Crippen molar-refractivity contribution in [3.63, 3.8) is 0 Å². The fourth-order valence-corrected chi connectivity index (χ4v) is 1.90. The smallest absolute Gasteiger partial charge is 0.133 e. The maximum absolute atomic E-state index is 11.4. The Bertz CT molecular complexity index is 248. The summed E-state index contributed by atoms with van der Waals surface area (Å²) in [5, 5.41) is 0. The van der Waals surface area contributed by atoms with Gasteiger partial charge in [0.1, 0.15) is 5.78 Å². The summed E-state index contributed by atoms with van der Waals surface area (Å²) < 4.78 is 0. The zero-order chi connectivity index (χ0) is 10.4. The lowest BCUT2D eigenvalue weighted by Crippen LogP contribution is -2.11. The van der Waals surface area contributed by atoms with E-state index in [4.69, 9.17) is 0 Å². The lowest BCUT2D eigenvalue weighted by molar-refractivity contribution is -0.120. The highest BCUT2D eigenvalue weighted by molar-refractivity contribution is 5.78. The minimum atomic E-state index is 0.244. The lowest BCUT2D eigenvalue weighted by Gasteiger charge is -2.14. The van der Waals surface area contributed by atoms with Crippen molar-refractivity contribution >= 4 is 5.78 Å². The molecule has 0 fully saturated rings. The highest BCUT2D eigenvalue weighted by atomic mass is 16.1. The monoisotopic (exact) mass is 192 g/mol. The van der Waals surface area contributed by atoms with Gasteiger partial charge in [-0.3, -0.25) is 4.79 Å². The van der Waals surface area contributed by atoms with Crippen molar-refractivity contribution in [2.75, 3.05) is 0 Å². The Hall–Kier alpha value is -0.850. The highest BCUT2D eigenvalue weighted by Crippen LogP contribution is 2.22. The Kier molecular flexibility index (Phi) is 4.64. The van der Waals surface area contributed by atoms with E-state index in [1.165, 1.54) is 5.57 Å². The molecule has 0 radical (unpaired) electrons. The van der Waals surface area contributed by atoms with Crippen LogP contribution in [0.3, 0.4) is 0 Å². The SMILES string of the molecule is CCCC(CC1=CCCC=C1)C(C)=O. The molecule has 14 heavy (non-hydrogen) atoms. The number of allylic oxidation sites excluding steroid dienone is 4. The summed E-state index contributed by atoms with van der Waals surface area (Å²) in [6, 6.07) is 0. The number of ketones is 1. The van der Waals surface area contributed by atoms with Gasteiger partial charge in [-0.2, -0.15) is 0 Å². The van der Waals surface area contributed by atoms with Gasteiger partial charge >= 0.3 is 0 Å². The van der Waals surface area contributed by atoms with E-state index in [0.717, 1.165) is 32.1 Å². The molecule has 0 saturated heterocycles. The van der Waals surface area contributed by atoms with Crippen LogP contribution >= 0.6 is 0 Å². The van der Waals surface area contributed by atoms with Crippen molar-refractivity contribution in [1.29, 1.82) is 0 Å². The van der Waals surface area contributed by atoms with Crippen LogP contribution in [0.2, 0.25) is 0 Å². The van der Waals surface area contributed by atoms with Gasteiger partial charge in [0, 0.05) is 5.92 Å². The molecule has 1 unspecified atom stereocenters. The molecule has 1 nitrogen and oxygen atoms in total. The van der Waals surface area contributed by atoms with Crippen molar-refractivity contribution in [2.45, 2.75) is 46.0 Å². The van der Waals surface area contributed by atoms with Gasteiger partial charge in [-0.05, 0) is 32.6 Å². The summed E-state index contributed by atoms with van der Waals surface area (Å²) in [5.41, 5.74) is 1.35. The van der Waals surface area contributed by atoms with Gasteiger partial charge in [0.15, 0.2) is 0 Å². The molecule has 1 atom stereocenters. The summed E-state index contributed by atoms with van der Waals surface area (Å²) in [6.45, 7) is 3.86. The van der Waals surface area contributed by atoms with E-state index in [2.05, 4.69) is 25.2 Å². The van der Waals surface area contributed by atoms with Gasteiger partial charge < -0.3 is 0 Å². The Balaban J connectivity index is 2.50. The van der Waals surface area contributed by atoms with Crippen LogP contribution in [0.15, 0.2) is 23.8 Å². The van der Waals surface area contributed by atoms with E-state index in [-0.39, 0.29) is 5.92 Å². The molecule has 78 valence electrons. The number of hydrogen-bond acceptors (Lipinski definition) is 1. The molecular weight excluding hydrogens is 172 g/mol. The molecule has 0 aliphatic heterocycles. The third kappa shape index (κ3) is 3.49. The third-order valence-corrected chi connectivity index (χ3v) is 2.77. The van der Waals surface area contributed by atoms with Gasteiger partial charge in [0.25, 0.3) is 0 Å². The van der Waals surface area contributed by atoms with E-state index >= 15 is 0 Å². The van der Waals surface area contributed by atoms with Crippen LogP contribution in [0.4, 0.5) is 0 Å². The molecule has 0 aromatic rings. The molecule has 1 heteroatoms. The molecule has 1 aliphatic rings. The summed E-state index contributed by atoms with van der Waals surface area (Å²) >= 11 is 0. The largest absolute Gasteiger partial charge is 0.300 e. The Morgan fingerprint density at radius 3 is 2.79 bits per heavy atom. The Morgan fingerprint density at radius 2 is 2.29 bits per heavy atom. The van der Waals surface area contributed by atoms with Gasteiger partial charge in [-0.1, -0.05) is 37.1 Å². The van der Waals surface area contributed by atoms with Crippen molar-refractivity contribution in [1.82, 2.24) is 0 Å². The minimum Gasteiger partial charge on any atom is -0.300 e. The summed E-state index contributed by atoms with van der Waals surface area (Å²) in [7, 11) is 0. The molecule has 0 bridgehead atoms. The number of rotatable bonds is 5. The predicted octanol–water partition coefficient (Wildman–Crippen LogP) is 3.66. The number of carbonyl (C=O) groups excluding carboxylic acids is 1. The summed E-state index contributed by atoms with van der Waals surface area (Å²) in [4.78, 5) is 11.4. The first-order valence-electron chi connectivity index (χ1n) is 5.60. The van der Waals surface area contributed by atoms with Crippen LogP contribution in [-0.4, -0.2) is 5.78 Å². The van der Waals surface area contributed by atoms with Crippen LogP contribution in [0.25, 0.3) is 0 Å². The van der Waals surface area contributed by atoms with Crippen LogP contribution in [0, 0.1) is 5.92 Å². The third-order valence-electron chi connectivity index (χ3n) is 2.77. The first-order chi connectivity index (χ1) is 6.74. The van der Waals surface area contributed by atoms with Crippen molar-refractivity contribution in [2.24, 2.45) is 5.92 Å². The molecule has 0 aromatic heterocycles. The zero-order valence-corrected chi connectivity index (χ0v) is 9.25. The van der Waals surface area contributed by atoms with Gasteiger partial charge in [-0.15, -0.1) is 0 Å². The summed E-state index contributed by atoms with van der Waals surface area (Å²) in [6.07, 6.45) is 12.0. The molecule has 1 rings (SSSR count). The van der Waals surface area contributed by atoms with Crippen LogP contribution in [0.1, 0.15) is 46.0 Å². The molecule has 1 aliphatic carbocycles. The maximum atomic E-state index is 11.4. The topological polar surface area (TPSA) is 17.1 Å². The van der Waals surface area contributed by atoms with Crippen molar-refractivity contribution in [3.05, 3.63) is 23.8 Å². The first kappa shape index (κ1) is 11.2. The normalized spacial score (nSPS) is 17.7. The molecule has 0 saturated carbocycles. The average molecular weight is 192 g/mol. The molecule has 0 amide bonds. The molecular formula is C13H20O. The van der Waals surface area contributed by atoms with E-state index in [0.29, 0.717) is 5.78 Å². The Labute approximate surface area is 86.9 Å². The van der Waals surface area contributed by atoms with Crippen molar-refractivity contribution < 1.29 is 4.79 Å². The molecule has 0 spiro atoms. The standard InChI is InChI=1S/C13H20O/c1-3-7-13(11(2)14)10-12-8-5-4-6-9-12/h5,8-9,13H,3-4,6-7,10H2,1-2H3. The minimum absolute atomic E-state index is 0.244. The van der Waals surface area contributed by atoms with Gasteiger partial charge in [0.2, 0.25) is 0 Å². The molecule has 0 heterocycles. The number of hydrogen-bond donors (Lipinski definition) is 0.